The number of carbonyl (C=O) groups excluding carboxylic acids is 3. The maximum absolute atomic E-state index is 12.6. The lowest BCUT2D eigenvalue weighted by atomic mass is 10.1. The molecule has 2 heterocycles. The number of aryl methyl sites for hydroxylation is 2. The van der Waals surface area contributed by atoms with E-state index < -0.39 is 17.7 Å². The number of hydrogen-bond donors (Lipinski definition) is 1. The van der Waals surface area contributed by atoms with Gasteiger partial charge in [0.2, 0.25) is 5.91 Å². The molecule has 0 saturated heterocycles. The summed E-state index contributed by atoms with van der Waals surface area (Å²) in [5, 5.41) is 4.13. The number of nitrogens with zero attached hydrogens (tertiary/aromatic N) is 2. The molecule has 4 rings (SSSR count). The third kappa shape index (κ3) is 2.92. The monoisotopic (exact) mass is 393 g/mol. The van der Waals surface area contributed by atoms with Crippen LogP contribution in [0.1, 0.15) is 32.0 Å². The number of rotatable bonds is 3. The van der Waals surface area contributed by atoms with E-state index in [0.717, 1.165) is 15.8 Å². The van der Waals surface area contributed by atoms with Crippen LogP contribution in [-0.2, 0) is 4.79 Å². The van der Waals surface area contributed by atoms with E-state index in [4.69, 9.17) is 11.6 Å². The molecule has 3 aromatic rings. The molecule has 1 aromatic heterocycles. The first-order valence-electron chi connectivity index (χ1n) is 8.68. The summed E-state index contributed by atoms with van der Waals surface area (Å²) in [7, 11) is 0. The molecular formula is C21H16ClN3O3. The highest BCUT2D eigenvalue weighted by atomic mass is 35.5. The Morgan fingerprint density at radius 2 is 1.71 bits per heavy atom. The Balaban J connectivity index is 1.61. The van der Waals surface area contributed by atoms with Crippen molar-refractivity contribution in [2.75, 3.05) is 11.9 Å². The van der Waals surface area contributed by atoms with Crippen LogP contribution in [0.2, 0.25) is 5.02 Å². The van der Waals surface area contributed by atoms with Gasteiger partial charge in [-0.15, -0.1) is 0 Å². The van der Waals surface area contributed by atoms with Crippen LogP contribution >= 0.6 is 11.6 Å². The number of imide groups is 1. The standard InChI is InChI=1S/C21H16ClN3O3/c1-11-9-17(15-7-8-16(22)12(2)19(15)23-11)24-18(26)10-25-20(27)13-5-3-4-6-14(13)21(25)28/h3-9H,10H2,1-2H3,(H,23,24,26). The minimum absolute atomic E-state index is 0.316. The minimum Gasteiger partial charge on any atom is -0.324 e. The fourth-order valence-corrected chi connectivity index (χ4v) is 3.50. The molecule has 1 aliphatic heterocycles. The van der Waals surface area contributed by atoms with Gasteiger partial charge in [-0.2, -0.15) is 0 Å². The van der Waals surface area contributed by atoms with E-state index in [1.165, 1.54) is 0 Å². The summed E-state index contributed by atoms with van der Waals surface area (Å²) >= 11 is 6.18. The summed E-state index contributed by atoms with van der Waals surface area (Å²) in [6, 6.07) is 11.8. The molecule has 0 spiro atoms. The van der Waals surface area contributed by atoms with Gasteiger partial charge in [0.15, 0.2) is 0 Å². The van der Waals surface area contributed by atoms with Gasteiger partial charge in [0, 0.05) is 16.1 Å². The first kappa shape index (κ1) is 18.1. The summed E-state index contributed by atoms with van der Waals surface area (Å²) in [5.41, 5.74) is 3.42. The second-order valence-corrected chi connectivity index (χ2v) is 7.08. The number of benzene rings is 2. The molecule has 0 radical (unpaired) electrons. The molecule has 1 N–H and O–H groups in total. The third-order valence-electron chi connectivity index (χ3n) is 4.75. The summed E-state index contributed by atoms with van der Waals surface area (Å²) < 4.78 is 0. The quantitative estimate of drug-likeness (QED) is 0.687. The number of pyridine rings is 1. The largest absolute Gasteiger partial charge is 0.324 e. The van der Waals surface area contributed by atoms with Crippen molar-refractivity contribution in [3.8, 4) is 0 Å². The van der Waals surface area contributed by atoms with Gasteiger partial charge in [-0.25, -0.2) is 0 Å². The van der Waals surface area contributed by atoms with Gasteiger partial charge in [-0.1, -0.05) is 23.7 Å². The number of hydrogen-bond acceptors (Lipinski definition) is 4. The fourth-order valence-electron chi connectivity index (χ4n) is 3.35. The Kier molecular flexibility index (Phi) is 4.35. The van der Waals surface area contributed by atoms with Crippen LogP contribution in [0, 0.1) is 13.8 Å². The number of fused-ring (bicyclic) bond motifs is 2. The van der Waals surface area contributed by atoms with Gasteiger partial charge in [-0.05, 0) is 49.7 Å². The molecule has 3 amide bonds. The van der Waals surface area contributed by atoms with Crippen molar-refractivity contribution in [2.45, 2.75) is 13.8 Å². The molecular weight excluding hydrogens is 378 g/mol. The molecule has 140 valence electrons. The van der Waals surface area contributed by atoms with E-state index in [1.54, 1.807) is 42.5 Å². The highest BCUT2D eigenvalue weighted by Gasteiger charge is 2.36. The number of nitrogens with one attached hydrogen (secondary N) is 1. The van der Waals surface area contributed by atoms with Gasteiger partial charge in [-0.3, -0.25) is 24.3 Å². The lowest BCUT2D eigenvalue weighted by Crippen LogP contribution is -2.37. The molecule has 2 aromatic carbocycles. The van der Waals surface area contributed by atoms with E-state index in [1.807, 2.05) is 13.8 Å². The predicted molar refractivity (Wildman–Crippen MR) is 107 cm³/mol. The van der Waals surface area contributed by atoms with Crippen molar-refractivity contribution in [1.29, 1.82) is 0 Å². The van der Waals surface area contributed by atoms with Crippen molar-refractivity contribution in [3.05, 3.63) is 69.9 Å². The van der Waals surface area contributed by atoms with E-state index in [-0.39, 0.29) is 6.54 Å². The molecule has 1 aliphatic rings. The zero-order chi connectivity index (χ0) is 20.0. The van der Waals surface area contributed by atoms with Crippen LogP contribution in [-0.4, -0.2) is 34.2 Å². The predicted octanol–water partition coefficient (Wildman–Crippen LogP) is 3.74. The first-order chi connectivity index (χ1) is 13.4. The van der Waals surface area contributed by atoms with Gasteiger partial charge in [0.05, 0.1) is 22.3 Å². The zero-order valence-electron chi connectivity index (χ0n) is 15.2. The normalized spacial score (nSPS) is 13.2. The minimum atomic E-state index is -0.464. The number of halogens is 1. The smallest absolute Gasteiger partial charge is 0.262 e. The number of carbonyl (C=O) groups is 3. The SMILES string of the molecule is Cc1cc(NC(=O)CN2C(=O)c3ccccc3C2=O)c2ccc(Cl)c(C)c2n1. The van der Waals surface area contributed by atoms with E-state index in [0.29, 0.717) is 33.0 Å². The molecule has 0 saturated carbocycles. The molecule has 0 aliphatic carbocycles. The van der Waals surface area contributed by atoms with Gasteiger partial charge in [0.1, 0.15) is 6.54 Å². The van der Waals surface area contributed by atoms with E-state index in [2.05, 4.69) is 10.3 Å². The van der Waals surface area contributed by atoms with Crippen LogP contribution in [0.5, 0.6) is 0 Å². The number of amides is 3. The Bertz CT molecular complexity index is 1140. The van der Waals surface area contributed by atoms with Gasteiger partial charge >= 0.3 is 0 Å². The topological polar surface area (TPSA) is 79.4 Å². The maximum Gasteiger partial charge on any atom is 0.262 e. The third-order valence-corrected chi connectivity index (χ3v) is 5.16. The fraction of sp³-hybridized carbons (Fsp3) is 0.143. The van der Waals surface area contributed by atoms with Crippen LogP contribution in [0.4, 0.5) is 5.69 Å². The lowest BCUT2D eigenvalue weighted by molar-refractivity contribution is -0.116. The molecule has 6 nitrogen and oxygen atoms in total. The van der Waals surface area contributed by atoms with Crippen molar-refractivity contribution >= 4 is 45.9 Å². The number of aromatic nitrogens is 1. The molecule has 28 heavy (non-hydrogen) atoms. The maximum atomic E-state index is 12.6. The van der Waals surface area contributed by atoms with Crippen molar-refractivity contribution < 1.29 is 14.4 Å². The summed E-state index contributed by atoms with van der Waals surface area (Å²) in [6.07, 6.45) is 0. The second-order valence-electron chi connectivity index (χ2n) is 6.67. The van der Waals surface area contributed by atoms with Crippen LogP contribution < -0.4 is 5.32 Å². The summed E-state index contributed by atoms with van der Waals surface area (Å²) in [6.45, 7) is 3.32. The highest BCUT2D eigenvalue weighted by Crippen LogP contribution is 2.30. The molecule has 0 unspecified atom stereocenters. The van der Waals surface area contributed by atoms with Crippen LogP contribution in [0.15, 0.2) is 42.5 Å². The highest BCUT2D eigenvalue weighted by molar-refractivity contribution is 6.32. The van der Waals surface area contributed by atoms with Gasteiger partial charge in [0.25, 0.3) is 11.8 Å². The second kappa shape index (κ2) is 6.73. The van der Waals surface area contributed by atoms with E-state index in [9.17, 15) is 14.4 Å². The molecule has 7 heteroatoms. The average Bonchev–Trinajstić information content (AvgIpc) is 2.90. The molecule has 0 bridgehead atoms. The zero-order valence-corrected chi connectivity index (χ0v) is 16.0. The summed E-state index contributed by atoms with van der Waals surface area (Å²) in [4.78, 5) is 43.0. The molecule has 0 atom stereocenters. The van der Waals surface area contributed by atoms with Crippen LogP contribution in [0.25, 0.3) is 10.9 Å². The lowest BCUT2D eigenvalue weighted by Gasteiger charge is -2.15. The Morgan fingerprint density at radius 1 is 1.07 bits per heavy atom. The Labute approximate surface area is 166 Å². The van der Waals surface area contributed by atoms with E-state index >= 15 is 0 Å². The average molecular weight is 394 g/mol. The van der Waals surface area contributed by atoms with Crippen molar-refractivity contribution in [1.82, 2.24) is 9.88 Å². The number of anilines is 1. The Morgan fingerprint density at radius 3 is 2.36 bits per heavy atom. The molecule has 0 fully saturated rings. The Hall–Kier alpha value is -3.25. The van der Waals surface area contributed by atoms with Crippen LogP contribution in [0.3, 0.4) is 0 Å². The summed E-state index contributed by atoms with van der Waals surface area (Å²) in [5.74, 6) is -1.39. The van der Waals surface area contributed by atoms with Crippen molar-refractivity contribution in [2.24, 2.45) is 0 Å². The van der Waals surface area contributed by atoms with Crippen molar-refractivity contribution in [3.63, 3.8) is 0 Å². The first-order valence-corrected chi connectivity index (χ1v) is 9.06. The van der Waals surface area contributed by atoms with Gasteiger partial charge < -0.3 is 5.32 Å².